The lowest BCUT2D eigenvalue weighted by Crippen LogP contribution is -2.36. The van der Waals surface area contributed by atoms with Gasteiger partial charge in [0, 0.05) is 6.61 Å². The van der Waals surface area contributed by atoms with Crippen LogP contribution in [0, 0.1) is 0 Å². The SMILES string of the molecule is CCOC1OC1NC(C)C(=O)O. The summed E-state index contributed by atoms with van der Waals surface area (Å²) in [4.78, 5) is 10.4. The van der Waals surface area contributed by atoms with Gasteiger partial charge in [0.1, 0.15) is 6.04 Å². The van der Waals surface area contributed by atoms with Crippen LogP contribution >= 0.6 is 0 Å². The first-order valence-corrected chi connectivity index (χ1v) is 3.91. The Morgan fingerprint density at radius 3 is 3.00 bits per heavy atom. The molecular weight excluding hydrogens is 162 g/mol. The molecule has 2 N–H and O–H groups in total. The average Bonchev–Trinajstić information content (AvgIpc) is 2.68. The molecule has 12 heavy (non-hydrogen) atoms. The van der Waals surface area contributed by atoms with Crippen LogP contribution in [0.1, 0.15) is 13.8 Å². The molecule has 0 bridgehead atoms. The summed E-state index contributed by atoms with van der Waals surface area (Å²) in [5, 5.41) is 11.3. The van der Waals surface area contributed by atoms with Crippen molar-refractivity contribution in [3.8, 4) is 0 Å². The minimum Gasteiger partial charge on any atom is -0.480 e. The predicted molar refractivity (Wildman–Crippen MR) is 40.5 cm³/mol. The quantitative estimate of drug-likeness (QED) is 0.565. The molecule has 0 aromatic rings. The third kappa shape index (κ3) is 2.44. The maximum Gasteiger partial charge on any atom is 0.320 e. The zero-order chi connectivity index (χ0) is 9.14. The second-order valence-corrected chi connectivity index (χ2v) is 2.61. The molecule has 5 heteroatoms. The Morgan fingerprint density at radius 2 is 2.50 bits per heavy atom. The average molecular weight is 175 g/mol. The molecule has 70 valence electrons. The number of ether oxygens (including phenoxy) is 2. The second kappa shape index (κ2) is 3.84. The summed E-state index contributed by atoms with van der Waals surface area (Å²) in [6, 6.07) is -0.597. The Labute approximate surface area is 70.7 Å². The van der Waals surface area contributed by atoms with Gasteiger partial charge in [0.2, 0.25) is 0 Å². The molecule has 1 aliphatic heterocycles. The van der Waals surface area contributed by atoms with Gasteiger partial charge in [-0.3, -0.25) is 10.1 Å². The van der Waals surface area contributed by atoms with E-state index in [0.29, 0.717) is 6.61 Å². The number of hydrogen-bond acceptors (Lipinski definition) is 4. The normalized spacial score (nSPS) is 29.8. The number of aliphatic carboxylic acids is 1. The van der Waals surface area contributed by atoms with Gasteiger partial charge in [-0.2, -0.15) is 0 Å². The minimum atomic E-state index is -0.888. The largest absolute Gasteiger partial charge is 0.480 e. The van der Waals surface area contributed by atoms with Crippen LogP contribution in [0.15, 0.2) is 0 Å². The monoisotopic (exact) mass is 175 g/mol. The third-order valence-corrected chi connectivity index (χ3v) is 1.57. The van der Waals surface area contributed by atoms with Crippen molar-refractivity contribution in [2.24, 2.45) is 0 Å². The first kappa shape index (κ1) is 9.44. The number of rotatable bonds is 5. The zero-order valence-corrected chi connectivity index (χ0v) is 7.11. The highest BCUT2D eigenvalue weighted by molar-refractivity contribution is 5.72. The van der Waals surface area contributed by atoms with E-state index in [1.807, 2.05) is 6.92 Å². The van der Waals surface area contributed by atoms with Crippen molar-refractivity contribution < 1.29 is 19.4 Å². The molecule has 3 unspecified atom stereocenters. The Balaban J connectivity index is 2.14. The molecule has 0 radical (unpaired) electrons. The van der Waals surface area contributed by atoms with Crippen LogP contribution in [0.25, 0.3) is 0 Å². The van der Waals surface area contributed by atoms with E-state index >= 15 is 0 Å². The summed E-state index contributed by atoms with van der Waals surface area (Å²) in [5.74, 6) is -0.888. The van der Waals surface area contributed by atoms with Crippen molar-refractivity contribution in [2.75, 3.05) is 6.61 Å². The Bertz CT molecular complexity index is 173. The molecule has 1 heterocycles. The van der Waals surface area contributed by atoms with Crippen molar-refractivity contribution in [3.05, 3.63) is 0 Å². The third-order valence-electron chi connectivity index (χ3n) is 1.57. The number of nitrogens with one attached hydrogen (secondary N) is 1. The standard InChI is InChI=1S/C7H13NO4/c1-3-11-7-5(12-7)8-4(2)6(9)10/h4-5,7-8H,3H2,1-2H3,(H,9,10). The highest BCUT2D eigenvalue weighted by Gasteiger charge is 2.41. The molecule has 0 aromatic carbocycles. The fourth-order valence-corrected chi connectivity index (χ4v) is 0.826. The van der Waals surface area contributed by atoms with Crippen LogP contribution in [-0.2, 0) is 14.3 Å². The Kier molecular flexibility index (Phi) is 3.02. The van der Waals surface area contributed by atoms with Gasteiger partial charge in [0.05, 0.1) is 0 Å². The van der Waals surface area contributed by atoms with Crippen LogP contribution in [0.5, 0.6) is 0 Å². The van der Waals surface area contributed by atoms with E-state index in [1.54, 1.807) is 6.92 Å². The van der Waals surface area contributed by atoms with Crippen LogP contribution < -0.4 is 5.32 Å². The molecule has 3 atom stereocenters. The number of carbonyl (C=O) groups is 1. The molecule has 1 aliphatic rings. The van der Waals surface area contributed by atoms with Gasteiger partial charge in [-0.1, -0.05) is 0 Å². The van der Waals surface area contributed by atoms with Crippen LogP contribution in [0.4, 0.5) is 0 Å². The molecule has 0 amide bonds. The molecule has 0 saturated carbocycles. The minimum absolute atomic E-state index is 0.254. The van der Waals surface area contributed by atoms with Gasteiger partial charge in [-0.25, -0.2) is 0 Å². The van der Waals surface area contributed by atoms with Crippen molar-refractivity contribution in [3.63, 3.8) is 0 Å². The molecule has 1 fully saturated rings. The van der Waals surface area contributed by atoms with Crippen molar-refractivity contribution in [1.29, 1.82) is 0 Å². The van der Waals surface area contributed by atoms with Crippen molar-refractivity contribution >= 4 is 5.97 Å². The summed E-state index contributed by atoms with van der Waals surface area (Å²) in [5.41, 5.74) is 0. The summed E-state index contributed by atoms with van der Waals surface area (Å²) in [6.45, 7) is 4.00. The van der Waals surface area contributed by atoms with Crippen LogP contribution in [0.2, 0.25) is 0 Å². The lowest BCUT2D eigenvalue weighted by atomic mass is 10.3. The molecule has 5 nitrogen and oxygen atoms in total. The lowest BCUT2D eigenvalue weighted by Gasteiger charge is -2.04. The molecule has 0 spiro atoms. The van der Waals surface area contributed by atoms with Gasteiger partial charge < -0.3 is 14.6 Å². The molecule has 0 aliphatic carbocycles. The summed E-state index contributed by atoms with van der Waals surface area (Å²) in [6.07, 6.45) is -0.521. The van der Waals surface area contributed by atoms with Gasteiger partial charge in [0.15, 0.2) is 12.5 Å². The fourth-order valence-electron chi connectivity index (χ4n) is 0.826. The van der Waals surface area contributed by atoms with E-state index in [2.05, 4.69) is 5.32 Å². The van der Waals surface area contributed by atoms with Crippen LogP contribution in [-0.4, -0.2) is 36.2 Å². The maximum absolute atomic E-state index is 10.4. The van der Waals surface area contributed by atoms with Gasteiger partial charge in [-0.15, -0.1) is 0 Å². The number of carboxylic acids is 1. The van der Waals surface area contributed by atoms with E-state index in [4.69, 9.17) is 14.6 Å². The smallest absolute Gasteiger partial charge is 0.320 e. The van der Waals surface area contributed by atoms with Crippen molar-refractivity contribution in [2.45, 2.75) is 32.4 Å². The van der Waals surface area contributed by atoms with Gasteiger partial charge >= 0.3 is 5.97 Å². The second-order valence-electron chi connectivity index (χ2n) is 2.61. The Morgan fingerprint density at radius 1 is 1.83 bits per heavy atom. The van der Waals surface area contributed by atoms with E-state index in [1.165, 1.54) is 0 Å². The summed E-state index contributed by atoms with van der Waals surface area (Å²) >= 11 is 0. The topological polar surface area (TPSA) is 71.1 Å². The van der Waals surface area contributed by atoms with E-state index < -0.39 is 12.0 Å². The molecule has 1 rings (SSSR count). The fraction of sp³-hybridized carbons (Fsp3) is 0.857. The lowest BCUT2D eigenvalue weighted by molar-refractivity contribution is -0.139. The van der Waals surface area contributed by atoms with E-state index in [0.717, 1.165) is 0 Å². The predicted octanol–water partition coefficient (Wildman–Crippen LogP) is -0.232. The van der Waals surface area contributed by atoms with Crippen LogP contribution in [0.3, 0.4) is 0 Å². The number of epoxide rings is 1. The van der Waals surface area contributed by atoms with E-state index in [9.17, 15) is 4.79 Å². The van der Waals surface area contributed by atoms with Crippen molar-refractivity contribution in [1.82, 2.24) is 5.32 Å². The van der Waals surface area contributed by atoms with Gasteiger partial charge in [0.25, 0.3) is 0 Å². The molecule has 0 aromatic heterocycles. The number of hydrogen-bond donors (Lipinski definition) is 2. The Hall–Kier alpha value is -0.650. The highest BCUT2D eigenvalue weighted by atomic mass is 16.8. The van der Waals surface area contributed by atoms with E-state index in [-0.39, 0.29) is 12.5 Å². The summed E-state index contributed by atoms with van der Waals surface area (Å²) < 4.78 is 10.0. The summed E-state index contributed by atoms with van der Waals surface area (Å²) in [7, 11) is 0. The number of carboxylic acid groups (broad SMARTS) is 1. The molecular formula is C7H13NO4. The first-order valence-electron chi connectivity index (χ1n) is 3.91. The van der Waals surface area contributed by atoms with Gasteiger partial charge in [-0.05, 0) is 13.8 Å². The highest BCUT2D eigenvalue weighted by Crippen LogP contribution is 2.20. The molecule has 1 saturated heterocycles. The zero-order valence-electron chi connectivity index (χ0n) is 7.11. The first-order chi connectivity index (χ1) is 5.65. The maximum atomic E-state index is 10.4.